The molecule has 1 heterocycles. The third-order valence-electron chi connectivity index (χ3n) is 3.55. The van der Waals surface area contributed by atoms with Gasteiger partial charge in [0.1, 0.15) is 0 Å². The Hall–Kier alpha value is -0.710. The van der Waals surface area contributed by atoms with Gasteiger partial charge in [0.05, 0.1) is 10.7 Å². The van der Waals surface area contributed by atoms with Crippen LogP contribution in [0.25, 0.3) is 0 Å². The predicted molar refractivity (Wildman–Crippen MR) is 95.2 cm³/mol. The number of benzene rings is 1. The normalized spacial score (nSPS) is 12.6. The van der Waals surface area contributed by atoms with Crippen LogP contribution >= 0.6 is 27.3 Å². The molecule has 114 valence electrons. The molecule has 1 N–H and O–H groups in total. The van der Waals surface area contributed by atoms with Crippen molar-refractivity contribution in [1.29, 1.82) is 0 Å². The molecule has 2 aromatic rings. The van der Waals surface area contributed by atoms with Crippen LogP contribution in [0.2, 0.25) is 0 Å². The minimum atomic E-state index is 0.448. The summed E-state index contributed by atoms with van der Waals surface area (Å²) in [7, 11) is 0. The molecule has 0 aliphatic carbocycles. The van der Waals surface area contributed by atoms with Gasteiger partial charge in [-0.3, -0.25) is 0 Å². The lowest BCUT2D eigenvalue weighted by atomic mass is 10.0. The quantitative estimate of drug-likeness (QED) is 0.769. The number of rotatable bonds is 7. The van der Waals surface area contributed by atoms with Crippen molar-refractivity contribution < 1.29 is 0 Å². The smallest absolute Gasteiger partial charge is 0.0946 e. The SMILES string of the molecule is CCCNC(Cc1cccc(Br)c1)Cc1nc(C)c(C)s1. The van der Waals surface area contributed by atoms with Crippen LogP contribution in [-0.4, -0.2) is 17.6 Å². The van der Waals surface area contributed by atoms with Crippen LogP contribution in [0.5, 0.6) is 0 Å². The van der Waals surface area contributed by atoms with Crippen LogP contribution in [0.3, 0.4) is 0 Å². The highest BCUT2D eigenvalue weighted by Gasteiger charge is 2.13. The van der Waals surface area contributed by atoms with Crippen molar-refractivity contribution in [2.24, 2.45) is 0 Å². The van der Waals surface area contributed by atoms with E-state index in [9.17, 15) is 0 Å². The van der Waals surface area contributed by atoms with Gasteiger partial charge in [0.2, 0.25) is 0 Å². The Bertz CT molecular complexity index is 560. The summed E-state index contributed by atoms with van der Waals surface area (Å²) in [6.45, 7) is 7.51. The summed E-state index contributed by atoms with van der Waals surface area (Å²) in [5, 5.41) is 4.91. The zero-order valence-corrected chi connectivity index (χ0v) is 15.4. The molecule has 4 heteroatoms. The Morgan fingerprint density at radius 2 is 2.10 bits per heavy atom. The van der Waals surface area contributed by atoms with Gasteiger partial charge in [0.15, 0.2) is 0 Å². The van der Waals surface area contributed by atoms with Gasteiger partial charge in [-0.1, -0.05) is 35.0 Å². The number of hydrogen-bond acceptors (Lipinski definition) is 3. The zero-order valence-electron chi connectivity index (χ0n) is 12.9. The predicted octanol–water partition coefficient (Wildman–Crippen LogP) is 4.68. The minimum Gasteiger partial charge on any atom is -0.313 e. The van der Waals surface area contributed by atoms with E-state index in [2.05, 4.69) is 71.3 Å². The summed E-state index contributed by atoms with van der Waals surface area (Å²) in [5.74, 6) is 0. The molecule has 1 aromatic heterocycles. The van der Waals surface area contributed by atoms with Gasteiger partial charge in [-0.2, -0.15) is 0 Å². The summed E-state index contributed by atoms with van der Waals surface area (Å²) in [5.41, 5.74) is 2.54. The second kappa shape index (κ2) is 8.06. The van der Waals surface area contributed by atoms with Crippen molar-refractivity contribution in [3.63, 3.8) is 0 Å². The van der Waals surface area contributed by atoms with Gasteiger partial charge in [0.25, 0.3) is 0 Å². The molecule has 21 heavy (non-hydrogen) atoms. The Morgan fingerprint density at radius 3 is 2.71 bits per heavy atom. The standard InChI is InChI=1S/C17H23BrN2S/c1-4-8-19-16(10-14-6-5-7-15(18)9-14)11-17-20-12(2)13(3)21-17/h5-7,9,16,19H,4,8,10-11H2,1-3H3. The summed E-state index contributed by atoms with van der Waals surface area (Å²) >= 11 is 5.38. The lowest BCUT2D eigenvalue weighted by molar-refractivity contribution is 0.503. The number of thiazole rings is 1. The fraction of sp³-hybridized carbons (Fsp3) is 0.471. The van der Waals surface area contributed by atoms with Gasteiger partial charge in [0, 0.05) is 21.8 Å². The molecular formula is C17H23BrN2S. The Labute approximate surface area is 140 Å². The van der Waals surface area contributed by atoms with E-state index in [0.29, 0.717) is 6.04 Å². The van der Waals surface area contributed by atoms with Gasteiger partial charge < -0.3 is 5.32 Å². The molecule has 0 bridgehead atoms. The van der Waals surface area contributed by atoms with E-state index < -0.39 is 0 Å². The molecule has 0 amide bonds. The maximum atomic E-state index is 4.69. The number of hydrogen-bond donors (Lipinski definition) is 1. The summed E-state index contributed by atoms with van der Waals surface area (Å²) in [6, 6.07) is 9.03. The Balaban J connectivity index is 2.06. The molecule has 0 radical (unpaired) electrons. The monoisotopic (exact) mass is 366 g/mol. The third kappa shape index (κ3) is 5.20. The van der Waals surface area contributed by atoms with E-state index in [1.807, 2.05) is 11.3 Å². The highest BCUT2D eigenvalue weighted by molar-refractivity contribution is 9.10. The molecule has 0 fully saturated rings. The van der Waals surface area contributed by atoms with Crippen LogP contribution in [0, 0.1) is 13.8 Å². The fourth-order valence-electron chi connectivity index (χ4n) is 2.35. The number of nitrogens with zero attached hydrogens (tertiary/aromatic N) is 1. The average Bonchev–Trinajstić information content (AvgIpc) is 2.74. The first-order chi connectivity index (χ1) is 10.1. The molecule has 1 unspecified atom stereocenters. The van der Waals surface area contributed by atoms with Gasteiger partial charge >= 0.3 is 0 Å². The van der Waals surface area contributed by atoms with E-state index in [-0.39, 0.29) is 0 Å². The molecule has 2 rings (SSSR count). The minimum absolute atomic E-state index is 0.448. The molecule has 0 aliphatic heterocycles. The fourth-order valence-corrected chi connectivity index (χ4v) is 3.81. The Kier molecular flexibility index (Phi) is 6.40. The first-order valence-electron chi connectivity index (χ1n) is 7.49. The molecule has 0 spiro atoms. The lowest BCUT2D eigenvalue weighted by Crippen LogP contribution is -2.33. The van der Waals surface area contributed by atoms with Crippen molar-refractivity contribution in [3.8, 4) is 0 Å². The summed E-state index contributed by atoms with van der Waals surface area (Å²) in [6.07, 6.45) is 3.20. The van der Waals surface area contributed by atoms with E-state index in [0.717, 1.165) is 30.3 Å². The summed E-state index contributed by atoms with van der Waals surface area (Å²) < 4.78 is 1.15. The van der Waals surface area contributed by atoms with E-state index in [1.54, 1.807) is 0 Å². The van der Waals surface area contributed by atoms with Crippen molar-refractivity contribution >= 4 is 27.3 Å². The van der Waals surface area contributed by atoms with Gasteiger partial charge in [-0.05, 0) is 50.9 Å². The lowest BCUT2D eigenvalue weighted by Gasteiger charge is -2.17. The van der Waals surface area contributed by atoms with Crippen LogP contribution in [0.4, 0.5) is 0 Å². The zero-order chi connectivity index (χ0) is 15.2. The molecule has 0 saturated heterocycles. The van der Waals surface area contributed by atoms with Crippen molar-refractivity contribution in [2.75, 3.05) is 6.54 Å². The van der Waals surface area contributed by atoms with E-state index in [4.69, 9.17) is 0 Å². The second-order valence-electron chi connectivity index (χ2n) is 5.44. The van der Waals surface area contributed by atoms with Gasteiger partial charge in [-0.15, -0.1) is 11.3 Å². The highest BCUT2D eigenvalue weighted by atomic mass is 79.9. The molecule has 1 aromatic carbocycles. The first kappa shape index (κ1) is 16.7. The van der Waals surface area contributed by atoms with Gasteiger partial charge in [-0.25, -0.2) is 4.98 Å². The van der Waals surface area contributed by atoms with Crippen molar-refractivity contribution in [2.45, 2.75) is 46.1 Å². The van der Waals surface area contributed by atoms with Crippen LogP contribution in [0.15, 0.2) is 28.7 Å². The maximum absolute atomic E-state index is 4.69. The molecule has 1 atom stereocenters. The average molecular weight is 367 g/mol. The number of aromatic nitrogens is 1. The maximum Gasteiger partial charge on any atom is 0.0946 e. The second-order valence-corrected chi connectivity index (χ2v) is 7.64. The molecule has 0 saturated carbocycles. The van der Waals surface area contributed by atoms with E-state index in [1.165, 1.54) is 21.1 Å². The number of aryl methyl sites for hydroxylation is 2. The molecule has 2 nitrogen and oxygen atoms in total. The van der Waals surface area contributed by atoms with E-state index >= 15 is 0 Å². The highest BCUT2D eigenvalue weighted by Crippen LogP contribution is 2.20. The number of halogens is 1. The number of nitrogens with one attached hydrogen (secondary N) is 1. The molecular weight excluding hydrogens is 344 g/mol. The topological polar surface area (TPSA) is 24.9 Å². The Morgan fingerprint density at radius 1 is 1.29 bits per heavy atom. The van der Waals surface area contributed by atoms with Crippen LogP contribution in [0.1, 0.15) is 34.5 Å². The van der Waals surface area contributed by atoms with Crippen LogP contribution in [-0.2, 0) is 12.8 Å². The van der Waals surface area contributed by atoms with Crippen LogP contribution < -0.4 is 5.32 Å². The first-order valence-corrected chi connectivity index (χ1v) is 9.10. The largest absolute Gasteiger partial charge is 0.313 e. The van der Waals surface area contributed by atoms with Crippen molar-refractivity contribution in [1.82, 2.24) is 10.3 Å². The molecule has 0 aliphatic rings. The van der Waals surface area contributed by atoms with Crippen molar-refractivity contribution in [3.05, 3.63) is 49.9 Å². The third-order valence-corrected chi connectivity index (χ3v) is 5.14. The summed E-state index contributed by atoms with van der Waals surface area (Å²) in [4.78, 5) is 6.02.